The molecule has 1 amide bonds. The Kier molecular flexibility index (Phi) is 5.40. The first kappa shape index (κ1) is 15.3. The average Bonchev–Trinajstić information content (AvgIpc) is 2.37. The molecule has 5 heteroatoms. The standard InChI is InChI=1S/C15H22ClN3O/c1-11-6-14(17)9-19(8-11)10-15(20)18-7-12-2-4-13(16)5-3-12/h2-5,11,14H,6-10,17H2,1H3,(H,18,20). The molecule has 1 aromatic carbocycles. The van der Waals surface area contributed by atoms with E-state index < -0.39 is 0 Å². The molecule has 20 heavy (non-hydrogen) atoms. The highest BCUT2D eigenvalue weighted by molar-refractivity contribution is 6.30. The Hall–Kier alpha value is -1.10. The zero-order chi connectivity index (χ0) is 14.5. The molecule has 0 aromatic heterocycles. The maximum absolute atomic E-state index is 11.9. The first-order valence-corrected chi connectivity index (χ1v) is 7.40. The molecule has 1 heterocycles. The van der Waals surface area contributed by atoms with Crippen molar-refractivity contribution in [2.45, 2.75) is 25.9 Å². The molecule has 0 bridgehead atoms. The van der Waals surface area contributed by atoms with Crippen LogP contribution in [-0.2, 0) is 11.3 Å². The predicted octanol–water partition coefficient (Wildman–Crippen LogP) is 1.63. The molecule has 1 saturated heterocycles. The lowest BCUT2D eigenvalue weighted by Crippen LogP contribution is -2.49. The molecule has 110 valence electrons. The van der Waals surface area contributed by atoms with Gasteiger partial charge in [0.05, 0.1) is 6.54 Å². The molecule has 3 N–H and O–H groups in total. The fourth-order valence-electron chi connectivity index (χ4n) is 2.70. The topological polar surface area (TPSA) is 58.4 Å². The van der Waals surface area contributed by atoms with Crippen LogP contribution in [0.25, 0.3) is 0 Å². The minimum Gasteiger partial charge on any atom is -0.351 e. The summed E-state index contributed by atoms with van der Waals surface area (Å²) in [5.74, 6) is 0.601. The quantitative estimate of drug-likeness (QED) is 0.887. The number of nitrogens with zero attached hydrogens (tertiary/aromatic N) is 1. The first-order chi connectivity index (χ1) is 9.52. The molecule has 1 aliphatic heterocycles. The fourth-order valence-corrected chi connectivity index (χ4v) is 2.83. The first-order valence-electron chi connectivity index (χ1n) is 7.02. The lowest BCUT2D eigenvalue weighted by molar-refractivity contribution is -0.122. The van der Waals surface area contributed by atoms with E-state index in [4.69, 9.17) is 17.3 Å². The minimum absolute atomic E-state index is 0.0428. The van der Waals surface area contributed by atoms with E-state index in [1.807, 2.05) is 24.3 Å². The van der Waals surface area contributed by atoms with Gasteiger partial charge in [-0.15, -0.1) is 0 Å². The Morgan fingerprint density at radius 2 is 2.10 bits per heavy atom. The van der Waals surface area contributed by atoms with Gasteiger partial charge in [-0.25, -0.2) is 0 Å². The van der Waals surface area contributed by atoms with Gasteiger partial charge in [0.25, 0.3) is 0 Å². The molecule has 4 nitrogen and oxygen atoms in total. The van der Waals surface area contributed by atoms with Crippen molar-refractivity contribution < 1.29 is 4.79 Å². The largest absolute Gasteiger partial charge is 0.351 e. The van der Waals surface area contributed by atoms with E-state index in [0.717, 1.165) is 25.1 Å². The zero-order valence-corrected chi connectivity index (χ0v) is 12.6. The minimum atomic E-state index is 0.0428. The summed E-state index contributed by atoms with van der Waals surface area (Å²) in [5, 5.41) is 3.64. The Labute approximate surface area is 125 Å². The number of carbonyl (C=O) groups is 1. The number of nitrogens with two attached hydrogens (primary N) is 1. The van der Waals surface area contributed by atoms with E-state index >= 15 is 0 Å². The second-order valence-electron chi connectivity index (χ2n) is 5.70. The van der Waals surface area contributed by atoms with Gasteiger partial charge >= 0.3 is 0 Å². The van der Waals surface area contributed by atoms with E-state index in [2.05, 4.69) is 17.1 Å². The van der Waals surface area contributed by atoms with Gasteiger partial charge in [0.1, 0.15) is 0 Å². The fraction of sp³-hybridized carbons (Fsp3) is 0.533. The molecular weight excluding hydrogens is 274 g/mol. The third kappa shape index (κ3) is 4.78. The maximum Gasteiger partial charge on any atom is 0.234 e. The zero-order valence-electron chi connectivity index (χ0n) is 11.8. The SMILES string of the molecule is CC1CC(N)CN(CC(=O)NCc2ccc(Cl)cc2)C1. The molecule has 2 atom stereocenters. The van der Waals surface area contributed by atoms with E-state index in [1.165, 1.54) is 0 Å². The van der Waals surface area contributed by atoms with Crippen molar-refractivity contribution in [2.24, 2.45) is 11.7 Å². The Balaban J connectivity index is 1.76. The molecule has 0 saturated carbocycles. The molecule has 1 aromatic rings. The van der Waals surface area contributed by atoms with Crippen LogP contribution in [-0.4, -0.2) is 36.5 Å². The summed E-state index contributed by atoms with van der Waals surface area (Å²) < 4.78 is 0. The number of carbonyl (C=O) groups excluding carboxylic acids is 1. The van der Waals surface area contributed by atoms with Crippen LogP contribution in [0, 0.1) is 5.92 Å². The molecule has 0 spiro atoms. The van der Waals surface area contributed by atoms with E-state index in [-0.39, 0.29) is 11.9 Å². The van der Waals surface area contributed by atoms with Crippen LogP contribution in [0.2, 0.25) is 5.02 Å². The van der Waals surface area contributed by atoms with E-state index in [1.54, 1.807) is 0 Å². The number of nitrogens with one attached hydrogen (secondary N) is 1. The molecular formula is C15H22ClN3O. The van der Waals surface area contributed by atoms with Gasteiger partial charge in [-0.05, 0) is 30.0 Å². The predicted molar refractivity (Wildman–Crippen MR) is 81.5 cm³/mol. The van der Waals surface area contributed by atoms with Gasteiger partial charge in [0, 0.05) is 30.7 Å². The maximum atomic E-state index is 11.9. The van der Waals surface area contributed by atoms with Gasteiger partial charge in [0.2, 0.25) is 5.91 Å². The summed E-state index contributed by atoms with van der Waals surface area (Å²) in [6, 6.07) is 7.67. The van der Waals surface area contributed by atoms with Crippen LogP contribution in [0.5, 0.6) is 0 Å². The van der Waals surface area contributed by atoms with Crippen molar-refractivity contribution in [3.8, 4) is 0 Å². The molecule has 2 unspecified atom stereocenters. The normalized spacial score (nSPS) is 23.6. The van der Waals surface area contributed by atoms with Gasteiger partial charge in [-0.2, -0.15) is 0 Å². The summed E-state index contributed by atoms with van der Waals surface area (Å²) in [6.45, 7) is 4.88. The van der Waals surface area contributed by atoms with Crippen molar-refractivity contribution >= 4 is 17.5 Å². The second kappa shape index (κ2) is 7.07. The summed E-state index contributed by atoms with van der Waals surface area (Å²) in [6.07, 6.45) is 1.04. The Morgan fingerprint density at radius 1 is 1.40 bits per heavy atom. The van der Waals surface area contributed by atoms with Crippen LogP contribution in [0.1, 0.15) is 18.9 Å². The van der Waals surface area contributed by atoms with Crippen molar-refractivity contribution in [1.29, 1.82) is 0 Å². The molecule has 1 aliphatic rings. The van der Waals surface area contributed by atoms with Crippen molar-refractivity contribution in [1.82, 2.24) is 10.2 Å². The average molecular weight is 296 g/mol. The number of rotatable bonds is 4. The third-order valence-corrected chi connectivity index (χ3v) is 3.79. The highest BCUT2D eigenvalue weighted by Crippen LogP contribution is 2.14. The van der Waals surface area contributed by atoms with Crippen molar-refractivity contribution in [2.75, 3.05) is 19.6 Å². The summed E-state index contributed by atoms with van der Waals surface area (Å²) >= 11 is 5.82. The van der Waals surface area contributed by atoms with Crippen LogP contribution in [0.15, 0.2) is 24.3 Å². The summed E-state index contributed by atoms with van der Waals surface area (Å²) in [4.78, 5) is 14.1. The van der Waals surface area contributed by atoms with Gasteiger partial charge in [-0.1, -0.05) is 30.7 Å². The number of halogens is 1. The van der Waals surface area contributed by atoms with Crippen LogP contribution in [0.3, 0.4) is 0 Å². The summed E-state index contributed by atoms with van der Waals surface area (Å²) in [5.41, 5.74) is 7.03. The highest BCUT2D eigenvalue weighted by atomic mass is 35.5. The molecule has 0 aliphatic carbocycles. The Bertz CT molecular complexity index is 439. The number of benzene rings is 1. The second-order valence-corrected chi connectivity index (χ2v) is 6.13. The van der Waals surface area contributed by atoms with Crippen molar-refractivity contribution in [3.63, 3.8) is 0 Å². The van der Waals surface area contributed by atoms with Gasteiger partial charge in [0.15, 0.2) is 0 Å². The number of likely N-dealkylation sites (tertiary alicyclic amines) is 1. The van der Waals surface area contributed by atoms with Crippen molar-refractivity contribution in [3.05, 3.63) is 34.9 Å². The van der Waals surface area contributed by atoms with Gasteiger partial charge < -0.3 is 11.1 Å². The molecule has 1 fully saturated rings. The molecule has 0 radical (unpaired) electrons. The lowest BCUT2D eigenvalue weighted by Gasteiger charge is -2.34. The highest BCUT2D eigenvalue weighted by Gasteiger charge is 2.23. The monoisotopic (exact) mass is 295 g/mol. The van der Waals surface area contributed by atoms with E-state index in [9.17, 15) is 4.79 Å². The molecule has 2 rings (SSSR count). The van der Waals surface area contributed by atoms with Crippen LogP contribution < -0.4 is 11.1 Å². The van der Waals surface area contributed by atoms with Crippen LogP contribution in [0.4, 0.5) is 0 Å². The number of hydrogen-bond donors (Lipinski definition) is 2. The smallest absolute Gasteiger partial charge is 0.234 e. The number of hydrogen-bond acceptors (Lipinski definition) is 3. The Morgan fingerprint density at radius 3 is 2.75 bits per heavy atom. The van der Waals surface area contributed by atoms with Gasteiger partial charge in [-0.3, -0.25) is 9.69 Å². The number of piperidine rings is 1. The summed E-state index contributed by atoms with van der Waals surface area (Å²) in [7, 11) is 0. The lowest BCUT2D eigenvalue weighted by atomic mass is 9.97. The van der Waals surface area contributed by atoms with Crippen LogP contribution >= 0.6 is 11.6 Å². The third-order valence-electron chi connectivity index (χ3n) is 3.54. The number of amides is 1. The van der Waals surface area contributed by atoms with E-state index in [0.29, 0.717) is 24.0 Å².